The Hall–Kier alpha value is -3.23. The molecule has 0 spiro atoms. The van der Waals surface area contributed by atoms with Gasteiger partial charge in [-0.15, -0.1) is 10.2 Å². The van der Waals surface area contributed by atoms with Crippen LogP contribution in [0.1, 0.15) is 23.2 Å². The van der Waals surface area contributed by atoms with E-state index in [2.05, 4.69) is 20.0 Å². The summed E-state index contributed by atoms with van der Waals surface area (Å²) >= 11 is 0. The third-order valence-electron chi connectivity index (χ3n) is 5.29. The Bertz CT molecular complexity index is 858. The topological polar surface area (TPSA) is 95.7 Å². The predicted molar refractivity (Wildman–Crippen MR) is 105 cm³/mol. The standard InChI is InChI=1S/C19H22N6O3/c26-19(15-5-1-2-6-16(15)25(27)28)24-13-11-23(12-14-24)18-8-7-17(20-21-18)22-9-3-4-10-22/h1-2,5-8H,3-4,9-14H2. The summed E-state index contributed by atoms with van der Waals surface area (Å²) in [5, 5.41) is 19.9. The molecule has 3 heterocycles. The van der Waals surface area contributed by atoms with Gasteiger partial charge in [0.1, 0.15) is 5.56 Å². The molecule has 4 rings (SSSR count). The van der Waals surface area contributed by atoms with Crippen molar-refractivity contribution in [3.63, 3.8) is 0 Å². The van der Waals surface area contributed by atoms with Crippen molar-refractivity contribution in [1.29, 1.82) is 0 Å². The molecule has 0 saturated carbocycles. The highest BCUT2D eigenvalue weighted by molar-refractivity contribution is 5.98. The van der Waals surface area contributed by atoms with Gasteiger partial charge < -0.3 is 14.7 Å². The highest BCUT2D eigenvalue weighted by atomic mass is 16.6. The summed E-state index contributed by atoms with van der Waals surface area (Å²) in [4.78, 5) is 29.4. The Labute approximate surface area is 162 Å². The number of nitro groups is 1. The fourth-order valence-corrected chi connectivity index (χ4v) is 3.72. The minimum Gasteiger partial charge on any atom is -0.355 e. The average molecular weight is 382 g/mol. The molecule has 28 heavy (non-hydrogen) atoms. The molecule has 146 valence electrons. The van der Waals surface area contributed by atoms with Crippen molar-refractivity contribution >= 4 is 23.2 Å². The monoisotopic (exact) mass is 382 g/mol. The maximum atomic E-state index is 12.7. The summed E-state index contributed by atoms with van der Waals surface area (Å²) < 4.78 is 0. The fraction of sp³-hybridized carbons (Fsp3) is 0.421. The van der Waals surface area contributed by atoms with Gasteiger partial charge in [0.05, 0.1) is 4.92 Å². The van der Waals surface area contributed by atoms with Crippen molar-refractivity contribution in [3.05, 3.63) is 52.1 Å². The molecule has 0 bridgehead atoms. The Morgan fingerprint density at radius 2 is 1.43 bits per heavy atom. The van der Waals surface area contributed by atoms with Gasteiger partial charge >= 0.3 is 0 Å². The minimum absolute atomic E-state index is 0.135. The molecule has 2 aliphatic heterocycles. The van der Waals surface area contributed by atoms with Crippen molar-refractivity contribution in [1.82, 2.24) is 15.1 Å². The van der Waals surface area contributed by atoms with E-state index in [-0.39, 0.29) is 17.2 Å². The van der Waals surface area contributed by atoms with Crippen LogP contribution in [0.3, 0.4) is 0 Å². The van der Waals surface area contributed by atoms with E-state index in [4.69, 9.17) is 0 Å². The van der Waals surface area contributed by atoms with E-state index < -0.39 is 4.92 Å². The number of nitro benzene ring substituents is 1. The summed E-state index contributed by atoms with van der Waals surface area (Å²) in [6.07, 6.45) is 2.39. The van der Waals surface area contributed by atoms with Crippen LogP contribution >= 0.6 is 0 Å². The lowest BCUT2D eigenvalue weighted by molar-refractivity contribution is -0.385. The van der Waals surface area contributed by atoms with Crippen molar-refractivity contribution in [3.8, 4) is 0 Å². The first-order chi connectivity index (χ1) is 13.6. The van der Waals surface area contributed by atoms with Crippen molar-refractivity contribution in [2.24, 2.45) is 0 Å². The summed E-state index contributed by atoms with van der Waals surface area (Å²) in [6, 6.07) is 10.1. The van der Waals surface area contributed by atoms with E-state index in [1.54, 1.807) is 17.0 Å². The highest BCUT2D eigenvalue weighted by Crippen LogP contribution is 2.22. The molecule has 0 unspecified atom stereocenters. The molecule has 2 saturated heterocycles. The van der Waals surface area contributed by atoms with Gasteiger partial charge in [0.2, 0.25) is 0 Å². The van der Waals surface area contributed by atoms with Gasteiger partial charge in [-0.3, -0.25) is 14.9 Å². The Balaban J connectivity index is 1.39. The third-order valence-corrected chi connectivity index (χ3v) is 5.29. The molecule has 9 heteroatoms. The quantitative estimate of drug-likeness (QED) is 0.589. The number of para-hydroxylation sites is 1. The van der Waals surface area contributed by atoms with E-state index in [1.807, 2.05) is 12.1 Å². The molecule has 1 aromatic heterocycles. The Kier molecular flexibility index (Phi) is 5.05. The summed E-state index contributed by atoms with van der Waals surface area (Å²) in [7, 11) is 0. The number of rotatable bonds is 4. The Morgan fingerprint density at radius 3 is 2.00 bits per heavy atom. The number of piperazine rings is 1. The summed E-state index contributed by atoms with van der Waals surface area (Å²) in [5.41, 5.74) is -0.0194. The van der Waals surface area contributed by atoms with Gasteiger partial charge in [-0.1, -0.05) is 12.1 Å². The number of hydrogen-bond acceptors (Lipinski definition) is 7. The zero-order chi connectivity index (χ0) is 19.5. The van der Waals surface area contributed by atoms with E-state index >= 15 is 0 Å². The second kappa shape index (κ2) is 7.79. The fourth-order valence-electron chi connectivity index (χ4n) is 3.72. The SMILES string of the molecule is O=C(c1ccccc1[N+](=O)[O-])N1CCN(c2ccc(N3CCCC3)nn2)CC1. The number of nitrogens with zero attached hydrogens (tertiary/aromatic N) is 6. The molecular weight excluding hydrogens is 360 g/mol. The zero-order valence-electron chi connectivity index (χ0n) is 15.5. The van der Waals surface area contributed by atoms with Crippen LogP contribution in [0.15, 0.2) is 36.4 Å². The Morgan fingerprint density at radius 1 is 0.857 bits per heavy atom. The van der Waals surface area contributed by atoms with E-state index in [0.29, 0.717) is 26.2 Å². The average Bonchev–Trinajstić information content (AvgIpc) is 3.28. The van der Waals surface area contributed by atoms with Crippen LogP contribution in [0, 0.1) is 10.1 Å². The second-order valence-corrected chi connectivity index (χ2v) is 7.00. The predicted octanol–water partition coefficient (Wildman–Crippen LogP) is 1.95. The number of benzene rings is 1. The minimum atomic E-state index is -0.513. The lowest BCUT2D eigenvalue weighted by Gasteiger charge is -2.35. The molecular formula is C19H22N6O3. The van der Waals surface area contributed by atoms with Crippen molar-refractivity contribution < 1.29 is 9.72 Å². The molecule has 9 nitrogen and oxygen atoms in total. The molecule has 0 radical (unpaired) electrons. The number of carbonyl (C=O) groups excluding carboxylic acids is 1. The number of amides is 1. The van der Waals surface area contributed by atoms with Crippen LogP contribution in [0.2, 0.25) is 0 Å². The maximum Gasteiger partial charge on any atom is 0.282 e. The van der Waals surface area contributed by atoms with Crippen LogP contribution in [-0.4, -0.2) is 65.2 Å². The molecule has 0 N–H and O–H groups in total. The maximum absolute atomic E-state index is 12.7. The molecule has 2 fully saturated rings. The van der Waals surface area contributed by atoms with Gasteiger partial charge in [0.25, 0.3) is 11.6 Å². The molecule has 1 aromatic carbocycles. The van der Waals surface area contributed by atoms with Gasteiger partial charge in [0.15, 0.2) is 11.6 Å². The summed E-state index contributed by atoms with van der Waals surface area (Å²) in [6.45, 7) is 4.26. The van der Waals surface area contributed by atoms with E-state index in [1.165, 1.54) is 25.0 Å². The lowest BCUT2D eigenvalue weighted by Crippen LogP contribution is -2.49. The first-order valence-corrected chi connectivity index (χ1v) is 9.50. The van der Waals surface area contributed by atoms with Crippen LogP contribution in [-0.2, 0) is 0 Å². The highest BCUT2D eigenvalue weighted by Gasteiger charge is 2.27. The third kappa shape index (κ3) is 3.60. The van der Waals surface area contributed by atoms with Gasteiger partial charge in [0, 0.05) is 45.3 Å². The van der Waals surface area contributed by atoms with Gasteiger partial charge in [-0.2, -0.15) is 0 Å². The van der Waals surface area contributed by atoms with Crippen LogP contribution in [0.5, 0.6) is 0 Å². The summed E-state index contributed by atoms with van der Waals surface area (Å²) in [5.74, 6) is 1.40. The zero-order valence-corrected chi connectivity index (χ0v) is 15.5. The normalized spacial score (nSPS) is 17.1. The van der Waals surface area contributed by atoms with E-state index in [0.717, 1.165) is 24.7 Å². The molecule has 2 aromatic rings. The second-order valence-electron chi connectivity index (χ2n) is 7.00. The number of carbonyl (C=O) groups is 1. The van der Waals surface area contributed by atoms with Crippen LogP contribution in [0.25, 0.3) is 0 Å². The van der Waals surface area contributed by atoms with Crippen molar-refractivity contribution in [2.75, 3.05) is 49.1 Å². The van der Waals surface area contributed by atoms with Crippen LogP contribution in [0.4, 0.5) is 17.3 Å². The molecule has 0 aliphatic carbocycles. The molecule has 2 aliphatic rings. The van der Waals surface area contributed by atoms with Crippen LogP contribution < -0.4 is 9.80 Å². The number of aromatic nitrogens is 2. The van der Waals surface area contributed by atoms with E-state index in [9.17, 15) is 14.9 Å². The lowest BCUT2D eigenvalue weighted by atomic mass is 10.1. The van der Waals surface area contributed by atoms with Gasteiger partial charge in [-0.25, -0.2) is 0 Å². The number of anilines is 2. The molecule has 1 amide bonds. The number of hydrogen-bond donors (Lipinski definition) is 0. The first-order valence-electron chi connectivity index (χ1n) is 9.50. The largest absolute Gasteiger partial charge is 0.355 e. The smallest absolute Gasteiger partial charge is 0.282 e. The van der Waals surface area contributed by atoms with Crippen molar-refractivity contribution in [2.45, 2.75) is 12.8 Å². The first kappa shape index (κ1) is 18.1. The van der Waals surface area contributed by atoms with Gasteiger partial charge in [-0.05, 0) is 31.0 Å². The molecule has 0 atom stereocenters.